The normalized spacial score (nSPS) is 45.2. The van der Waals surface area contributed by atoms with Crippen LogP contribution in [0.3, 0.4) is 0 Å². The highest BCUT2D eigenvalue weighted by Crippen LogP contribution is 2.66. The summed E-state index contributed by atoms with van der Waals surface area (Å²) >= 11 is 0. The summed E-state index contributed by atoms with van der Waals surface area (Å²) in [6, 6.07) is 2.98. The third-order valence-electron chi connectivity index (χ3n) is 7.85. The van der Waals surface area contributed by atoms with Crippen molar-refractivity contribution >= 4 is 5.78 Å². The molecule has 0 amide bonds. The number of hydrogen-bond donors (Lipinski definition) is 2. The van der Waals surface area contributed by atoms with E-state index in [0.29, 0.717) is 44.0 Å². The molecule has 2 saturated carbocycles. The van der Waals surface area contributed by atoms with E-state index >= 15 is 0 Å². The van der Waals surface area contributed by atoms with E-state index in [1.807, 2.05) is 6.07 Å². The van der Waals surface area contributed by atoms with Crippen LogP contribution in [0.4, 0.5) is 0 Å². The number of piperidine rings is 1. The fraction of sp³-hybridized carbons (Fsp3) is 0.650. The van der Waals surface area contributed by atoms with E-state index in [9.17, 15) is 20.2 Å². The Balaban J connectivity index is 1.60. The Morgan fingerprint density at radius 1 is 1.31 bits per heavy atom. The molecule has 6 rings (SSSR count). The lowest BCUT2D eigenvalue weighted by molar-refractivity contribution is -0.923. The number of ketones is 1. The van der Waals surface area contributed by atoms with Gasteiger partial charge in [-0.15, -0.1) is 0 Å². The second-order valence-electron chi connectivity index (χ2n) is 9.08. The van der Waals surface area contributed by atoms with Gasteiger partial charge in [-0.3, -0.25) is 4.79 Å². The number of ether oxygens (including phenoxy) is 1. The van der Waals surface area contributed by atoms with Crippen molar-refractivity contribution in [3.8, 4) is 11.5 Å². The Morgan fingerprint density at radius 2 is 2.12 bits per heavy atom. The largest absolute Gasteiger partial charge is 0.632 e. The summed E-state index contributed by atoms with van der Waals surface area (Å²) in [5.41, 5.74) is -0.359. The highest BCUT2D eigenvalue weighted by atomic mass is 16.6. The Labute approximate surface area is 151 Å². The van der Waals surface area contributed by atoms with Crippen LogP contribution in [0.15, 0.2) is 12.1 Å². The van der Waals surface area contributed by atoms with Crippen molar-refractivity contribution in [2.45, 2.75) is 61.7 Å². The molecule has 1 unspecified atom stereocenters. The van der Waals surface area contributed by atoms with Crippen molar-refractivity contribution in [3.63, 3.8) is 0 Å². The molecule has 3 fully saturated rings. The fourth-order valence-electron chi connectivity index (χ4n) is 6.54. The number of quaternary nitrogens is 1. The molecule has 138 valence electrons. The number of aromatic hydroxyl groups is 1. The van der Waals surface area contributed by atoms with Crippen LogP contribution in [0.25, 0.3) is 0 Å². The van der Waals surface area contributed by atoms with Gasteiger partial charge in [-0.2, -0.15) is 0 Å². The molecule has 1 aromatic rings. The van der Waals surface area contributed by atoms with Crippen LogP contribution in [-0.4, -0.2) is 51.5 Å². The maximum Gasteiger partial charge on any atom is 0.174 e. The Morgan fingerprint density at radius 3 is 2.88 bits per heavy atom. The van der Waals surface area contributed by atoms with Crippen molar-refractivity contribution in [1.82, 2.24) is 0 Å². The van der Waals surface area contributed by atoms with Crippen LogP contribution in [0.2, 0.25) is 0 Å². The van der Waals surface area contributed by atoms with Crippen LogP contribution in [0, 0.1) is 11.1 Å². The number of carbonyl (C=O) groups excluding carboxylic acids is 1. The zero-order valence-corrected chi connectivity index (χ0v) is 14.6. The third-order valence-corrected chi connectivity index (χ3v) is 7.85. The molecule has 2 N–H and O–H groups in total. The molecule has 0 aromatic heterocycles. The molecule has 26 heavy (non-hydrogen) atoms. The van der Waals surface area contributed by atoms with Crippen molar-refractivity contribution in [2.75, 3.05) is 13.1 Å². The quantitative estimate of drug-likeness (QED) is 0.619. The first kappa shape index (κ1) is 15.4. The lowest BCUT2D eigenvalue weighted by Gasteiger charge is -2.67. The van der Waals surface area contributed by atoms with E-state index < -0.39 is 23.2 Å². The van der Waals surface area contributed by atoms with Crippen LogP contribution < -0.4 is 4.74 Å². The predicted molar refractivity (Wildman–Crippen MR) is 91.6 cm³/mol. The molecule has 2 bridgehead atoms. The molecular weight excluding hydrogens is 334 g/mol. The van der Waals surface area contributed by atoms with Gasteiger partial charge in [0.1, 0.15) is 11.6 Å². The van der Waals surface area contributed by atoms with Gasteiger partial charge in [0, 0.05) is 30.7 Å². The topological polar surface area (TPSA) is 89.8 Å². The Kier molecular flexibility index (Phi) is 2.63. The molecule has 2 aliphatic heterocycles. The van der Waals surface area contributed by atoms with Crippen molar-refractivity contribution in [2.24, 2.45) is 5.92 Å². The number of rotatable bonds is 2. The highest BCUT2D eigenvalue weighted by molar-refractivity contribution is 5.90. The number of hydroxylamine groups is 3. The lowest BCUT2D eigenvalue weighted by Crippen LogP contribution is -2.80. The molecule has 1 aromatic carbocycles. The van der Waals surface area contributed by atoms with Gasteiger partial charge in [0.2, 0.25) is 0 Å². The van der Waals surface area contributed by atoms with E-state index in [1.165, 1.54) is 0 Å². The molecule has 6 nitrogen and oxygen atoms in total. The zero-order valence-electron chi connectivity index (χ0n) is 14.6. The number of likely N-dealkylation sites (tertiary alicyclic amines) is 1. The molecule has 1 saturated heterocycles. The van der Waals surface area contributed by atoms with Crippen LogP contribution in [0.5, 0.6) is 11.5 Å². The van der Waals surface area contributed by atoms with Gasteiger partial charge in [0.25, 0.3) is 0 Å². The van der Waals surface area contributed by atoms with Crippen LogP contribution in [-0.2, 0) is 16.6 Å². The number of carbonyl (C=O) groups is 1. The van der Waals surface area contributed by atoms with Crippen molar-refractivity contribution < 1.29 is 24.4 Å². The maximum atomic E-state index is 13.9. The number of benzene rings is 1. The maximum absolute atomic E-state index is 13.9. The summed E-state index contributed by atoms with van der Waals surface area (Å²) in [7, 11) is 0. The first-order valence-corrected chi connectivity index (χ1v) is 9.74. The number of aliphatic hydroxyl groups is 1. The standard InChI is InChI=1S/C20H23NO5/c22-13-4-3-12-9-15-20(24)6-5-14(23)18-19(20,16(12)17(13)26-18)7-8-21(15,25)10-11-1-2-11/h3-4,11,15,18,22,24H,1-2,5-10H2/t15-,18?,19+,20+,21-/m1/s1. The summed E-state index contributed by atoms with van der Waals surface area (Å²) < 4.78 is 5.63. The molecular formula is C20H23NO5. The third kappa shape index (κ3) is 1.54. The summed E-state index contributed by atoms with van der Waals surface area (Å²) in [6.45, 7) is 0.980. The van der Waals surface area contributed by atoms with Crippen molar-refractivity contribution in [3.05, 3.63) is 28.5 Å². The predicted octanol–water partition coefficient (Wildman–Crippen LogP) is 1.54. The number of phenolic OH excluding ortho intramolecular Hbond substituents is 1. The number of phenols is 1. The monoisotopic (exact) mass is 357 g/mol. The van der Waals surface area contributed by atoms with Gasteiger partial charge >= 0.3 is 0 Å². The SMILES string of the molecule is O=C1CC[C@]2(O)[C@H]3Cc4ccc(O)c5c4[C@@]2(CC[N@@+]3([O-])CC2CC2)C1O5. The van der Waals surface area contributed by atoms with Crippen LogP contribution in [0.1, 0.15) is 43.2 Å². The van der Waals surface area contributed by atoms with Gasteiger partial charge in [-0.05, 0) is 30.9 Å². The summed E-state index contributed by atoms with van der Waals surface area (Å²) in [5.74, 6) is 0.827. The second kappa shape index (κ2) is 4.43. The van der Waals surface area contributed by atoms with Gasteiger partial charge < -0.3 is 24.8 Å². The average molecular weight is 357 g/mol. The van der Waals surface area contributed by atoms with E-state index in [4.69, 9.17) is 4.74 Å². The van der Waals surface area contributed by atoms with E-state index in [1.54, 1.807) is 6.07 Å². The minimum atomic E-state index is -1.24. The molecule has 6 heteroatoms. The zero-order chi connectivity index (χ0) is 17.9. The van der Waals surface area contributed by atoms with Crippen molar-refractivity contribution in [1.29, 1.82) is 0 Å². The summed E-state index contributed by atoms with van der Waals surface area (Å²) in [5, 5.41) is 36.1. The van der Waals surface area contributed by atoms with Crippen LogP contribution >= 0.6 is 0 Å². The fourth-order valence-corrected chi connectivity index (χ4v) is 6.54. The van der Waals surface area contributed by atoms with E-state index in [0.717, 1.165) is 24.0 Å². The average Bonchev–Trinajstić information content (AvgIpc) is 3.32. The smallest absolute Gasteiger partial charge is 0.174 e. The summed E-state index contributed by atoms with van der Waals surface area (Å²) in [6.07, 6.45) is 2.91. The van der Waals surface area contributed by atoms with Gasteiger partial charge in [-0.1, -0.05) is 6.07 Å². The molecule has 5 aliphatic rings. The highest BCUT2D eigenvalue weighted by Gasteiger charge is 2.76. The molecule has 0 radical (unpaired) electrons. The lowest BCUT2D eigenvalue weighted by atomic mass is 9.49. The molecule has 1 spiro atoms. The minimum Gasteiger partial charge on any atom is -0.632 e. The molecule has 3 aliphatic carbocycles. The molecule has 2 heterocycles. The minimum absolute atomic E-state index is 0.0209. The summed E-state index contributed by atoms with van der Waals surface area (Å²) in [4.78, 5) is 12.7. The first-order valence-electron chi connectivity index (χ1n) is 9.74. The second-order valence-corrected chi connectivity index (χ2v) is 9.08. The van der Waals surface area contributed by atoms with Gasteiger partial charge in [-0.25, -0.2) is 0 Å². The van der Waals surface area contributed by atoms with Gasteiger partial charge in [0.05, 0.1) is 18.5 Å². The Hall–Kier alpha value is -1.63. The number of hydrogen-bond acceptors (Lipinski definition) is 5. The molecule has 5 atom stereocenters. The van der Waals surface area contributed by atoms with Gasteiger partial charge in [0.15, 0.2) is 23.4 Å². The number of Topliss-reactive ketones (excluding diaryl/α,β-unsaturated/α-hetero) is 1. The Bertz CT molecular complexity index is 851. The van der Waals surface area contributed by atoms with E-state index in [2.05, 4.69) is 0 Å². The number of nitrogens with zero attached hydrogens (tertiary/aromatic N) is 1. The van der Waals surface area contributed by atoms with E-state index in [-0.39, 0.29) is 22.6 Å². The first-order chi connectivity index (χ1) is 12.4.